The molecule has 1 N–H and O–H groups in total. The molecule has 0 amide bonds. The summed E-state index contributed by atoms with van der Waals surface area (Å²) >= 11 is 0. The third-order valence-electron chi connectivity index (χ3n) is 14.9. The summed E-state index contributed by atoms with van der Waals surface area (Å²) in [5.74, 6) is -0.855. The van der Waals surface area contributed by atoms with Gasteiger partial charge in [0.25, 0.3) is 0 Å². The molecule has 2 unspecified atom stereocenters. The van der Waals surface area contributed by atoms with Crippen LogP contribution in [0.1, 0.15) is 271 Å². The number of unbranched alkanes of at least 4 members (excludes halogenated alkanes) is 21. The van der Waals surface area contributed by atoms with Crippen LogP contribution in [-0.2, 0) is 32.7 Å². The molecule has 0 radical (unpaired) electrons. The smallest absolute Gasteiger partial charge is 0.462 e. The standard InChI is InChI=1S/C82H134NO8P/c1-6-8-10-12-14-16-18-20-22-24-26-28-30-32-34-36-38-40-41-43-44-46-48-50-52-54-56-58-60-62-64-66-68-70-72-74-81(84)88-78-80(79-90-92(86,87)89-77-76-83(3,4)5)91-82(85)75-73-71-69-67-65-63-61-59-57-55-53-51-49-47-45-42-39-37-35-33-31-29-27-25-23-21-19-17-15-13-11-9-7-2/h8-11,14-17,20-23,26-29,32-35,39,42,47,49,53,55,59,61,65,67,80H,6-7,12-13,18-19,24-25,30-31,36-38,40-41,43-46,48,50-52,54,56-58,60,62-64,66,68-79H2,1-5H3/p+1/b10-8-,11-9-,16-14-,17-15-,22-20-,23-21-,28-26-,29-27-,34-32-,35-33-,42-39-,49-47-,55-53-,61-59-,67-65-. The van der Waals surface area contributed by atoms with Crippen LogP contribution < -0.4 is 0 Å². The average molecular weight is 1290 g/mol. The van der Waals surface area contributed by atoms with E-state index in [1.807, 2.05) is 21.1 Å². The number of rotatable bonds is 65. The first-order valence-electron chi connectivity index (χ1n) is 36.5. The SMILES string of the molecule is CC/C=C\C/C=C\C/C=C\C/C=C\C/C=C\C/C=C\C/C=C\C/C=C\C/C=C\C/C=C\CCCCC(=O)OC(COC(=O)CCCCCCCCCCCCCCCCCCCCC/C=C\C/C=C\C/C=C\C/C=C\C/C=C\CC)COP(=O)(O)OCC[N+](C)(C)C. The Morgan fingerprint density at radius 3 is 0.891 bits per heavy atom. The molecule has 0 saturated carbocycles. The molecule has 0 aromatic rings. The number of esters is 2. The van der Waals surface area contributed by atoms with Gasteiger partial charge in [0.2, 0.25) is 0 Å². The van der Waals surface area contributed by atoms with Crippen LogP contribution in [0.25, 0.3) is 0 Å². The summed E-state index contributed by atoms with van der Waals surface area (Å²) in [6.07, 6.45) is 109. The predicted molar refractivity (Wildman–Crippen MR) is 399 cm³/mol. The molecule has 0 bridgehead atoms. The molecule has 0 spiro atoms. The van der Waals surface area contributed by atoms with Crippen LogP contribution in [-0.4, -0.2) is 74.9 Å². The fourth-order valence-corrected chi connectivity index (χ4v) is 10.2. The van der Waals surface area contributed by atoms with Gasteiger partial charge in [0, 0.05) is 12.8 Å². The summed E-state index contributed by atoms with van der Waals surface area (Å²) in [6, 6.07) is 0. The first kappa shape index (κ1) is 87.1. The van der Waals surface area contributed by atoms with Crippen molar-refractivity contribution in [1.29, 1.82) is 0 Å². The lowest BCUT2D eigenvalue weighted by molar-refractivity contribution is -0.870. The lowest BCUT2D eigenvalue weighted by Crippen LogP contribution is -2.37. The van der Waals surface area contributed by atoms with E-state index in [-0.39, 0.29) is 32.0 Å². The first-order chi connectivity index (χ1) is 45.0. The van der Waals surface area contributed by atoms with Gasteiger partial charge in [0.1, 0.15) is 19.8 Å². The molecule has 520 valence electrons. The maximum Gasteiger partial charge on any atom is 0.472 e. The fraction of sp³-hybridized carbons (Fsp3) is 0.610. The molecule has 2 atom stereocenters. The normalized spacial score (nSPS) is 14.2. The molecule has 0 heterocycles. The van der Waals surface area contributed by atoms with Crippen molar-refractivity contribution in [1.82, 2.24) is 0 Å². The van der Waals surface area contributed by atoms with Crippen LogP contribution in [0, 0.1) is 0 Å². The molecule has 0 aromatic carbocycles. The van der Waals surface area contributed by atoms with Crippen molar-refractivity contribution in [3.63, 3.8) is 0 Å². The molecule has 0 saturated heterocycles. The van der Waals surface area contributed by atoms with Gasteiger partial charge in [-0.15, -0.1) is 0 Å². The van der Waals surface area contributed by atoms with Crippen LogP contribution in [0.5, 0.6) is 0 Å². The lowest BCUT2D eigenvalue weighted by Gasteiger charge is -2.24. The Bertz CT molecular complexity index is 2210. The Labute approximate surface area is 565 Å². The number of phosphoric ester groups is 1. The molecule has 0 fully saturated rings. The van der Waals surface area contributed by atoms with Crippen molar-refractivity contribution < 1.29 is 42.1 Å². The molecule has 0 aliphatic rings. The van der Waals surface area contributed by atoms with Crippen molar-refractivity contribution in [2.45, 2.75) is 277 Å². The quantitative estimate of drug-likeness (QED) is 0.0211. The van der Waals surface area contributed by atoms with Gasteiger partial charge >= 0.3 is 19.8 Å². The summed E-state index contributed by atoms with van der Waals surface area (Å²) in [4.78, 5) is 35.9. The third kappa shape index (κ3) is 74.2. The highest BCUT2D eigenvalue weighted by molar-refractivity contribution is 7.47. The Morgan fingerprint density at radius 2 is 0.587 bits per heavy atom. The molecular formula is C82H135NO8P+. The van der Waals surface area contributed by atoms with Gasteiger partial charge in [-0.1, -0.05) is 305 Å². The Balaban J connectivity index is 4.14. The number of nitrogens with zero attached hydrogens (tertiary/aromatic N) is 1. The van der Waals surface area contributed by atoms with E-state index in [9.17, 15) is 19.0 Å². The van der Waals surface area contributed by atoms with Gasteiger partial charge < -0.3 is 18.9 Å². The highest BCUT2D eigenvalue weighted by Gasteiger charge is 2.27. The van der Waals surface area contributed by atoms with Crippen molar-refractivity contribution >= 4 is 19.8 Å². The minimum Gasteiger partial charge on any atom is -0.462 e. The second-order valence-electron chi connectivity index (χ2n) is 24.9. The summed E-state index contributed by atoms with van der Waals surface area (Å²) in [5, 5.41) is 0. The molecule has 9 nitrogen and oxygen atoms in total. The number of quaternary nitrogens is 1. The van der Waals surface area contributed by atoms with Crippen LogP contribution >= 0.6 is 7.82 Å². The van der Waals surface area contributed by atoms with Crippen LogP contribution in [0.3, 0.4) is 0 Å². The number of hydrogen-bond acceptors (Lipinski definition) is 7. The second kappa shape index (κ2) is 70.4. The summed E-state index contributed by atoms with van der Waals surface area (Å²) < 4.78 is 34.7. The van der Waals surface area contributed by atoms with Gasteiger partial charge in [0.15, 0.2) is 6.10 Å². The van der Waals surface area contributed by atoms with E-state index >= 15 is 0 Å². The molecular weight excluding hydrogens is 1160 g/mol. The van der Waals surface area contributed by atoms with Gasteiger partial charge in [-0.05, 0) is 135 Å². The van der Waals surface area contributed by atoms with Crippen molar-refractivity contribution in [2.75, 3.05) is 47.5 Å². The van der Waals surface area contributed by atoms with Crippen molar-refractivity contribution in [3.05, 3.63) is 182 Å². The summed E-state index contributed by atoms with van der Waals surface area (Å²) in [7, 11) is 1.43. The predicted octanol–water partition coefficient (Wildman–Crippen LogP) is 24.3. The number of carbonyl (C=O) groups excluding carboxylic acids is 2. The number of carbonyl (C=O) groups is 2. The van der Waals surface area contributed by atoms with E-state index in [0.29, 0.717) is 17.4 Å². The van der Waals surface area contributed by atoms with Crippen LogP contribution in [0.2, 0.25) is 0 Å². The summed E-state index contributed by atoms with van der Waals surface area (Å²) in [5.41, 5.74) is 0. The highest BCUT2D eigenvalue weighted by Crippen LogP contribution is 2.43. The van der Waals surface area contributed by atoms with Crippen molar-refractivity contribution in [3.8, 4) is 0 Å². The maximum atomic E-state index is 12.9. The first-order valence-corrected chi connectivity index (χ1v) is 38.0. The number of phosphoric acid groups is 1. The fourth-order valence-electron chi connectivity index (χ4n) is 9.42. The molecule has 92 heavy (non-hydrogen) atoms. The molecule has 0 aromatic heterocycles. The monoisotopic (exact) mass is 1290 g/mol. The van der Waals surface area contributed by atoms with E-state index in [2.05, 4.69) is 196 Å². The zero-order valence-electron chi connectivity index (χ0n) is 59.2. The zero-order valence-corrected chi connectivity index (χ0v) is 60.1. The van der Waals surface area contributed by atoms with E-state index in [1.54, 1.807) is 0 Å². The number of likely N-dealkylation sites (N-methyl/N-ethyl adjacent to an activating group) is 1. The third-order valence-corrected chi connectivity index (χ3v) is 15.9. The molecule has 10 heteroatoms. The summed E-state index contributed by atoms with van der Waals surface area (Å²) in [6.45, 7) is 4.15. The van der Waals surface area contributed by atoms with Gasteiger partial charge in [-0.2, -0.15) is 0 Å². The van der Waals surface area contributed by atoms with E-state index in [1.165, 1.54) is 109 Å². The van der Waals surface area contributed by atoms with Gasteiger partial charge in [-0.25, -0.2) is 4.57 Å². The Hall–Kier alpha value is -4.89. The number of allylic oxidation sites excluding steroid dienone is 30. The lowest BCUT2D eigenvalue weighted by atomic mass is 10.0. The molecule has 0 aliphatic heterocycles. The van der Waals surface area contributed by atoms with Crippen molar-refractivity contribution in [2.24, 2.45) is 0 Å². The zero-order chi connectivity index (χ0) is 66.9. The largest absolute Gasteiger partial charge is 0.472 e. The van der Waals surface area contributed by atoms with Crippen LogP contribution in [0.15, 0.2) is 182 Å². The minimum atomic E-state index is -4.42. The molecule has 0 aliphatic carbocycles. The maximum absolute atomic E-state index is 12.9. The highest BCUT2D eigenvalue weighted by atomic mass is 31.2. The minimum absolute atomic E-state index is 0.0145. The van der Waals surface area contributed by atoms with E-state index in [0.717, 1.165) is 128 Å². The van der Waals surface area contributed by atoms with Gasteiger partial charge in [-0.3, -0.25) is 18.6 Å². The second-order valence-corrected chi connectivity index (χ2v) is 26.3. The van der Waals surface area contributed by atoms with Crippen LogP contribution in [0.4, 0.5) is 0 Å². The van der Waals surface area contributed by atoms with E-state index < -0.39 is 26.5 Å². The van der Waals surface area contributed by atoms with E-state index in [4.69, 9.17) is 18.5 Å². The average Bonchev–Trinajstić information content (AvgIpc) is 2.23. The number of ether oxygens (including phenoxy) is 2. The Morgan fingerprint density at radius 1 is 0.337 bits per heavy atom. The molecule has 0 rings (SSSR count). The van der Waals surface area contributed by atoms with Gasteiger partial charge in [0.05, 0.1) is 27.7 Å². The Kier molecular flexibility index (Phi) is 66.7. The number of hydrogen-bond donors (Lipinski definition) is 1. The topological polar surface area (TPSA) is 108 Å².